The Labute approximate surface area is 173 Å². The second kappa shape index (κ2) is 8.17. The maximum Gasteiger partial charge on any atom is 0.573 e. The van der Waals surface area contributed by atoms with Crippen molar-refractivity contribution in [1.82, 2.24) is 15.6 Å². The number of nitrogens with one attached hydrogen (secondary N) is 2. The van der Waals surface area contributed by atoms with Gasteiger partial charge in [0.1, 0.15) is 17.7 Å². The summed E-state index contributed by atoms with van der Waals surface area (Å²) in [5.41, 5.74) is -0.481. The number of ether oxygens (including phenoxy) is 2. The van der Waals surface area contributed by atoms with Crippen LogP contribution in [0.15, 0.2) is 28.9 Å². The first-order valence-corrected chi connectivity index (χ1v) is 8.54. The van der Waals surface area contributed by atoms with E-state index in [-0.39, 0.29) is 12.1 Å². The monoisotopic (exact) mass is 473 g/mol. The molecule has 31 heavy (non-hydrogen) atoms. The van der Waals surface area contributed by atoms with Gasteiger partial charge in [0.15, 0.2) is 6.10 Å². The maximum atomic E-state index is 12.8. The number of halogens is 7. The lowest BCUT2D eigenvalue weighted by molar-refractivity contribution is -0.274. The lowest BCUT2D eigenvalue weighted by Gasteiger charge is -2.20. The minimum absolute atomic E-state index is 0.0489. The van der Waals surface area contributed by atoms with Gasteiger partial charge in [0, 0.05) is 0 Å². The fourth-order valence-electron chi connectivity index (χ4n) is 2.55. The van der Waals surface area contributed by atoms with Crippen molar-refractivity contribution in [3.8, 4) is 5.75 Å². The van der Waals surface area contributed by atoms with E-state index in [2.05, 4.69) is 24.8 Å². The summed E-state index contributed by atoms with van der Waals surface area (Å²) in [5.74, 6) is -3.29. The van der Waals surface area contributed by atoms with Crippen molar-refractivity contribution in [3.63, 3.8) is 0 Å². The van der Waals surface area contributed by atoms with Crippen LogP contribution in [0.5, 0.6) is 5.75 Å². The van der Waals surface area contributed by atoms with Crippen LogP contribution in [0.2, 0.25) is 5.02 Å². The van der Waals surface area contributed by atoms with E-state index in [1.54, 1.807) is 0 Å². The van der Waals surface area contributed by atoms with Crippen LogP contribution in [0.1, 0.15) is 23.2 Å². The van der Waals surface area contributed by atoms with Crippen molar-refractivity contribution in [3.05, 3.63) is 46.6 Å². The first kappa shape index (κ1) is 22.5. The largest absolute Gasteiger partial charge is 0.573 e. The zero-order valence-corrected chi connectivity index (χ0v) is 15.6. The highest BCUT2D eigenvalue weighted by atomic mass is 35.5. The van der Waals surface area contributed by atoms with Gasteiger partial charge in [0.05, 0.1) is 17.6 Å². The van der Waals surface area contributed by atoms with Gasteiger partial charge < -0.3 is 24.5 Å². The Hall–Kier alpha value is -3.16. The molecule has 0 saturated carbocycles. The van der Waals surface area contributed by atoms with Gasteiger partial charge in [0.2, 0.25) is 0 Å². The number of benzene rings is 1. The average Bonchev–Trinajstić information content (AvgIpc) is 3.29. The summed E-state index contributed by atoms with van der Waals surface area (Å²) >= 11 is 5.79. The molecule has 1 aliphatic rings. The second-order valence-electron chi connectivity index (χ2n) is 6.03. The SMILES string of the molecule is O=C1NC[C@@H](C(=O)N[C@H](c2ccc(OC(F)(F)F)c(Cl)c2)c2coc(C(F)(F)F)n2)O1. The number of rotatable bonds is 5. The van der Waals surface area contributed by atoms with E-state index < -0.39 is 59.0 Å². The number of alkyl carbamates (subject to hydrolysis) is 1. The number of hydrogen-bond acceptors (Lipinski definition) is 6. The van der Waals surface area contributed by atoms with Gasteiger partial charge in [-0.2, -0.15) is 13.2 Å². The van der Waals surface area contributed by atoms with Crippen LogP contribution < -0.4 is 15.4 Å². The van der Waals surface area contributed by atoms with Crippen LogP contribution in [0.3, 0.4) is 0 Å². The van der Waals surface area contributed by atoms with Gasteiger partial charge in [-0.25, -0.2) is 9.78 Å². The molecule has 8 nitrogen and oxygen atoms in total. The quantitative estimate of drug-likeness (QED) is 0.644. The number of alkyl halides is 6. The minimum atomic E-state index is -5.04. The van der Waals surface area contributed by atoms with Crippen LogP contribution in [0, 0.1) is 0 Å². The third kappa shape index (κ3) is 5.51. The van der Waals surface area contributed by atoms with Crippen LogP contribution in [-0.4, -0.2) is 36.0 Å². The molecule has 0 spiro atoms. The third-order valence-corrected chi connectivity index (χ3v) is 4.13. The van der Waals surface area contributed by atoms with E-state index >= 15 is 0 Å². The highest BCUT2D eigenvalue weighted by molar-refractivity contribution is 6.32. The normalized spacial score (nSPS) is 17.6. The minimum Gasteiger partial charge on any atom is -0.441 e. The van der Waals surface area contributed by atoms with Crippen molar-refractivity contribution in [2.75, 3.05) is 6.54 Å². The summed E-state index contributed by atoms with van der Waals surface area (Å²) in [6.45, 7) is -0.205. The standard InChI is InChI=1S/C16H10ClF6N3O5/c17-7-3-6(1-2-9(7)31-16(21,22)23)11(8-5-29-13(25-8)15(18,19)20)26-12(27)10-4-24-14(28)30-10/h1-3,5,10-11H,4H2,(H,24,28)(H,26,27)/t10-,11+/m0/s1. The van der Waals surface area contributed by atoms with Gasteiger partial charge in [-0.3, -0.25) is 4.79 Å². The zero-order chi connectivity index (χ0) is 23.0. The van der Waals surface area contributed by atoms with E-state index in [0.29, 0.717) is 6.26 Å². The molecular formula is C16H10ClF6N3O5. The molecule has 2 N–H and O–H groups in total. The zero-order valence-electron chi connectivity index (χ0n) is 14.8. The van der Waals surface area contributed by atoms with Crippen LogP contribution in [0.4, 0.5) is 31.1 Å². The molecule has 0 unspecified atom stereocenters. The van der Waals surface area contributed by atoms with Crippen LogP contribution in [0.25, 0.3) is 0 Å². The summed E-state index contributed by atoms with van der Waals surface area (Å²) in [6.07, 6.45) is -11.5. The third-order valence-electron chi connectivity index (χ3n) is 3.84. The Morgan fingerprint density at radius 1 is 1.29 bits per heavy atom. The van der Waals surface area contributed by atoms with E-state index in [1.807, 2.05) is 0 Å². The molecule has 168 valence electrons. The van der Waals surface area contributed by atoms with Crippen LogP contribution >= 0.6 is 11.6 Å². The number of nitrogens with zero attached hydrogens (tertiary/aromatic N) is 1. The van der Waals surface area contributed by atoms with E-state index in [1.165, 1.54) is 0 Å². The van der Waals surface area contributed by atoms with Gasteiger partial charge in [-0.15, -0.1) is 13.2 Å². The molecule has 1 aromatic heterocycles. The lowest BCUT2D eigenvalue weighted by atomic mass is 10.0. The molecule has 1 fully saturated rings. The molecule has 2 aromatic rings. The topological polar surface area (TPSA) is 103 Å². The number of aromatic nitrogens is 1. The Morgan fingerprint density at radius 3 is 2.52 bits per heavy atom. The molecule has 15 heteroatoms. The Morgan fingerprint density at radius 2 is 2.00 bits per heavy atom. The molecule has 0 bridgehead atoms. The van der Waals surface area contributed by atoms with Crippen molar-refractivity contribution in [2.45, 2.75) is 24.7 Å². The molecule has 1 aliphatic heterocycles. The number of oxazole rings is 1. The summed E-state index contributed by atoms with van der Waals surface area (Å²) in [7, 11) is 0. The molecule has 0 aliphatic carbocycles. The molecule has 0 radical (unpaired) electrons. The van der Waals surface area contributed by atoms with E-state index in [0.717, 1.165) is 18.2 Å². The van der Waals surface area contributed by atoms with Gasteiger partial charge in [-0.1, -0.05) is 17.7 Å². The summed E-state index contributed by atoms with van der Waals surface area (Å²) in [6, 6.07) is 1.34. The number of carbonyl (C=O) groups excluding carboxylic acids is 2. The Balaban J connectivity index is 1.93. The smallest absolute Gasteiger partial charge is 0.441 e. The number of carbonyl (C=O) groups is 2. The Kier molecular flexibility index (Phi) is 5.93. The first-order valence-electron chi connectivity index (χ1n) is 8.16. The summed E-state index contributed by atoms with van der Waals surface area (Å²) in [5, 5.41) is 3.98. The molecule has 2 heterocycles. The van der Waals surface area contributed by atoms with E-state index in [9.17, 15) is 35.9 Å². The van der Waals surface area contributed by atoms with Gasteiger partial charge in [-0.05, 0) is 17.7 Å². The van der Waals surface area contributed by atoms with Gasteiger partial charge >= 0.3 is 24.5 Å². The molecule has 1 saturated heterocycles. The fourth-order valence-corrected chi connectivity index (χ4v) is 2.78. The number of cyclic esters (lactones) is 1. The fraction of sp³-hybridized carbons (Fsp3) is 0.312. The highest BCUT2D eigenvalue weighted by Gasteiger charge is 2.39. The molecule has 2 atom stereocenters. The second-order valence-corrected chi connectivity index (χ2v) is 6.44. The van der Waals surface area contributed by atoms with Crippen molar-refractivity contribution in [1.29, 1.82) is 0 Å². The Bertz CT molecular complexity index is 993. The molecule has 1 aromatic carbocycles. The maximum absolute atomic E-state index is 12.8. The van der Waals surface area contributed by atoms with E-state index in [4.69, 9.17) is 16.3 Å². The number of hydrogen-bond donors (Lipinski definition) is 2. The van der Waals surface area contributed by atoms with Crippen molar-refractivity contribution in [2.24, 2.45) is 0 Å². The molecule has 2 amide bonds. The average molecular weight is 474 g/mol. The van der Waals surface area contributed by atoms with Crippen molar-refractivity contribution >= 4 is 23.6 Å². The number of amides is 2. The summed E-state index contributed by atoms with van der Waals surface area (Å²) in [4.78, 5) is 26.8. The van der Waals surface area contributed by atoms with Gasteiger partial charge in [0.25, 0.3) is 5.91 Å². The summed E-state index contributed by atoms with van der Waals surface area (Å²) < 4.78 is 88.6. The van der Waals surface area contributed by atoms with Crippen molar-refractivity contribution < 1.29 is 49.8 Å². The lowest BCUT2D eigenvalue weighted by Crippen LogP contribution is -2.39. The first-order chi connectivity index (χ1) is 14.3. The predicted octanol–water partition coefficient (Wildman–Crippen LogP) is 3.56. The van der Waals surface area contributed by atoms with Crippen LogP contribution in [-0.2, 0) is 15.7 Å². The predicted molar refractivity (Wildman–Crippen MR) is 87.9 cm³/mol. The molecular weight excluding hydrogens is 464 g/mol. The molecule has 3 rings (SSSR count). The highest BCUT2D eigenvalue weighted by Crippen LogP contribution is 2.35.